The number of nitrogens with zero attached hydrogens (tertiary/aromatic N) is 2. The fourth-order valence-corrected chi connectivity index (χ4v) is 1.99. The van der Waals surface area contributed by atoms with E-state index in [1.165, 1.54) is 12.3 Å². The van der Waals surface area contributed by atoms with E-state index in [1.807, 2.05) is 0 Å². The highest BCUT2D eigenvalue weighted by Crippen LogP contribution is 2.32. The Hall–Kier alpha value is -2.31. The van der Waals surface area contributed by atoms with Gasteiger partial charge in [-0.2, -0.15) is 5.10 Å². The molecule has 0 fully saturated rings. The normalized spacial score (nSPS) is 10.8. The van der Waals surface area contributed by atoms with Gasteiger partial charge in [-0.05, 0) is 24.3 Å². The molecule has 0 aliphatic heterocycles. The van der Waals surface area contributed by atoms with Crippen LogP contribution >= 0.6 is 23.2 Å². The Morgan fingerprint density at radius 2 is 2.00 bits per heavy atom. The van der Waals surface area contributed by atoms with Crippen LogP contribution in [0, 0.1) is 10.1 Å². The van der Waals surface area contributed by atoms with Crippen LogP contribution in [-0.4, -0.2) is 16.2 Å². The number of nitrogens with one attached hydrogen (secondary N) is 1. The molecule has 0 saturated carbocycles. The molecule has 0 spiro atoms. The lowest BCUT2D eigenvalue weighted by atomic mass is 10.2. The summed E-state index contributed by atoms with van der Waals surface area (Å²) >= 11 is 11.6. The Bertz CT molecular complexity index is 720. The van der Waals surface area contributed by atoms with Gasteiger partial charge in [0.2, 0.25) is 5.75 Å². The first-order chi connectivity index (χ1) is 9.97. The van der Waals surface area contributed by atoms with E-state index in [4.69, 9.17) is 23.2 Å². The van der Waals surface area contributed by atoms with E-state index in [1.54, 1.807) is 24.3 Å². The van der Waals surface area contributed by atoms with Crippen LogP contribution in [0.2, 0.25) is 10.0 Å². The zero-order chi connectivity index (χ0) is 15.4. The van der Waals surface area contributed by atoms with Gasteiger partial charge in [-0.3, -0.25) is 15.5 Å². The number of halogens is 2. The molecule has 0 unspecified atom stereocenters. The molecule has 0 heterocycles. The molecule has 21 heavy (non-hydrogen) atoms. The fraction of sp³-hybridized carbons (Fsp3) is 0. The molecule has 0 aliphatic carbocycles. The van der Waals surface area contributed by atoms with Gasteiger partial charge in [-0.25, -0.2) is 0 Å². The first-order valence-electron chi connectivity index (χ1n) is 5.69. The molecular weight excluding hydrogens is 317 g/mol. The molecule has 0 amide bonds. The maximum Gasteiger partial charge on any atom is 0.312 e. The summed E-state index contributed by atoms with van der Waals surface area (Å²) < 4.78 is 0. The van der Waals surface area contributed by atoms with Crippen molar-refractivity contribution in [2.24, 2.45) is 5.10 Å². The summed E-state index contributed by atoms with van der Waals surface area (Å²) in [6.07, 6.45) is 1.23. The monoisotopic (exact) mass is 325 g/mol. The lowest BCUT2D eigenvalue weighted by molar-refractivity contribution is -0.385. The van der Waals surface area contributed by atoms with Crippen LogP contribution in [-0.2, 0) is 0 Å². The Balaban J connectivity index is 2.23. The standard InChI is InChI=1S/C13H9Cl2N3O3/c14-9-2-1-3-11(5-9)17-16-7-8-4-10(15)6-12(13(8)19)18(20)21/h1-7,17,19H/b16-7-. The zero-order valence-corrected chi connectivity index (χ0v) is 12.0. The average molecular weight is 326 g/mol. The van der Waals surface area contributed by atoms with Gasteiger partial charge in [0.1, 0.15) is 0 Å². The Morgan fingerprint density at radius 3 is 2.67 bits per heavy atom. The number of hydrogen-bond donors (Lipinski definition) is 2. The van der Waals surface area contributed by atoms with Crippen molar-refractivity contribution in [3.05, 3.63) is 62.1 Å². The second kappa shape index (κ2) is 6.43. The van der Waals surface area contributed by atoms with Crippen LogP contribution in [0.5, 0.6) is 5.75 Å². The molecule has 0 aliphatic rings. The third-order valence-electron chi connectivity index (χ3n) is 2.50. The molecule has 108 valence electrons. The summed E-state index contributed by atoms with van der Waals surface area (Å²) in [5.41, 5.74) is 2.97. The van der Waals surface area contributed by atoms with Crippen LogP contribution in [0.4, 0.5) is 11.4 Å². The minimum atomic E-state index is -0.719. The fourth-order valence-electron chi connectivity index (χ4n) is 1.58. The van der Waals surface area contributed by atoms with E-state index in [9.17, 15) is 15.2 Å². The number of phenols is 1. The molecule has 0 bridgehead atoms. The molecule has 2 aromatic rings. The van der Waals surface area contributed by atoms with Crippen molar-refractivity contribution in [1.29, 1.82) is 0 Å². The molecular formula is C13H9Cl2N3O3. The zero-order valence-electron chi connectivity index (χ0n) is 10.5. The largest absolute Gasteiger partial charge is 0.502 e. The van der Waals surface area contributed by atoms with Crippen LogP contribution in [0.1, 0.15) is 5.56 Å². The molecule has 6 nitrogen and oxygen atoms in total. The summed E-state index contributed by atoms with van der Waals surface area (Å²) in [6.45, 7) is 0. The van der Waals surface area contributed by atoms with Gasteiger partial charge >= 0.3 is 5.69 Å². The van der Waals surface area contributed by atoms with Gasteiger partial charge in [-0.15, -0.1) is 0 Å². The molecule has 0 aromatic heterocycles. The second-order valence-corrected chi connectivity index (χ2v) is 4.87. The van der Waals surface area contributed by atoms with Gasteiger partial charge in [0.25, 0.3) is 0 Å². The number of hydrazone groups is 1. The number of anilines is 1. The summed E-state index contributed by atoms with van der Waals surface area (Å²) in [5, 5.41) is 25.1. The minimum Gasteiger partial charge on any atom is -0.502 e. The molecule has 0 saturated heterocycles. The van der Waals surface area contributed by atoms with Crippen LogP contribution in [0.3, 0.4) is 0 Å². The highest BCUT2D eigenvalue weighted by atomic mass is 35.5. The summed E-state index contributed by atoms with van der Waals surface area (Å²) in [4.78, 5) is 10.1. The maximum atomic E-state index is 10.8. The first kappa shape index (κ1) is 15.1. The second-order valence-electron chi connectivity index (χ2n) is 4.00. The average Bonchev–Trinajstić information content (AvgIpc) is 2.42. The van der Waals surface area contributed by atoms with E-state index in [-0.39, 0.29) is 10.6 Å². The molecule has 2 rings (SSSR count). The highest BCUT2D eigenvalue weighted by molar-refractivity contribution is 6.31. The third kappa shape index (κ3) is 3.84. The molecule has 2 aromatic carbocycles. The SMILES string of the molecule is O=[N+]([O-])c1cc(Cl)cc(/C=N\Nc2cccc(Cl)c2)c1O. The number of hydrogen-bond acceptors (Lipinski definition) is 5. The van der Waals surface area contributed by atoms with Gasteiger partial charge in [0.15, 0.2) is 0 Å². The van der Waals surface area contributed by atoms with E-state index in [0.717, 1.165) is 6.07 Å². The van der Waals surface area contributed by atoms with Crippen LogP contribution in [0.15, 0.2) is 41.5 Å². The summed E-state index contributed by atoms with van der Waals surface area (Å²) in [7, 11) is 0. The molecule has 2 N–H and O–H groups in total. The van der Waals surface area contributed by atoms with Crippen molar-refractivity contribution in [2.75, 3.05) is 5.43 Å². The van der Waals surface area contributed by atoms with Gasteiger partial charge in [0.05, 0.1) is 16.8 Å². The molecule has 0 atom stereocenters. The Kier molecular flexibility index (Phi) is 4.62. The van der Waals surface area contributed by atoms with Gasteiger partial charge in [-0.1, -0.05) is 29.3 Å². The summed E-state index contributed by atoms with van der Waals surface area (Å²) in [6, 6.07) is 9.28. The third-order valence-corrected chi connectivity index (χ3v) is 2.96. The number of rotatable bonds is 4. The Morgan fingerprint density at radius 1 is 1.24 bits per heavy atom. The number of nitro benzene ring substituents is 1. The summed E-state index contributed by atoms with van der Waals surface area (Å²) in [5.74, 6) is -0.499. The highest BCUT2D eigenvalue weighted by Gasteiger charge is 2.17. The Labute approximate surface area is 129 Å². The smallest absolute Gasteiger partial charge is 0.312 e. The van der Waals surface area contributed by atoms with E-state index >= 15 is 0 Å². The van der Waals surface area contributed by atoms with Crippen molar-refractivity contribution in [3.63, 3.8) is 0 Å². The van der Waals surface area contributed by atoms with Crippen molar-refractivity contribution in [2.45, 2.75) is 0 Å². The maximum absolute atomic E-state index is 10.8. The van der Waals surface area contributed by atoms with Crippen molar-refractivity contribution >= 4 is 40.8 Å². The lowest BCUT2D eigenvalue weighted by Gasteiger charge is -2.02. The van der Waals surface area contributed by atoms with E-state index < -0.39 is 16.4 Å². The number of benzene rings is 2. The minimum absolute atomic E-state index is 0.128. The van der Waals surface area contributed by atoms with Gasteiger partial charge < -0.3 is 5.11 Å². The van der Waals surface area contributed by atoms with E-state index in [0.29, 0.717) is 10.7 Å². The lowest BCUT2D eigenvalue weighted by Crippen LogP contribution is -1.94. The van der Waals surface area contributed by atoms with Crippen molar-refractivity contribution < 1.29 is 10.0 Å². The molecule has 8 heteroatoms. The number of aromatic hydroxyl groups is 1. The van der Waals surface area contributed by atoms with Gasteiger partial charge in [0, 0.05) is 21.7 Å². The van der Waals surface area contributed by atoms with Crippen molar-refractivity contribution in [3.8, 4) is 5.75 Å². The first-order valence-corrected chi connectivity index (χ1v) is 6.44. The van der Waals surface area contributed by atoms with Crippen LogP contribution in [0.25, 0.3) is 0 Å². The molecule has 0 radical (unpaired) electrons. The topological polar surface area (TPSA) is 87.8 Å². The predicted octanol–water partition coefficient (Wildman–Crippen LogP) is 4.05. The van der Waals surface area contributed by atoms with E-state index in [2.05, 4.69) is 10.5 Å². The predicted molar refractivity (Wildman–Crippen MR) is 82.4 cm³/mol. The number of phenolic OH excluding ortho intramolecular Hbond substituents is 1. The number of nitro groups is 1. The van der Waals surface area contributed by atoms with Crippen LogP contribution < -0.4 is 5.43 Å². The quantitative estimate of drug-likeness (QED) is 0.504. The van der Waals surface area contributed by atoms with Crippen molar-refractivity contribution in [1.82, 2.24) is 0 Å².